The first-order chi connectivity index (χ1) is 7.13. The summed E-state index contributed by atoms with van der Waals surface area (Å²) in [6.07, 6.45) is 6.21. The van der Waals surface area contributed by atoms with Gasteiger partial charge in [-0.1, -0.05) is 0 Å². The van der Waals surface area contributed by atoms with Crippen molar-refractivity contribution < 1.29 is 9.59 Å². The average molecular weight is 317 g/mol. The molecule has 0 fully saturated rings. The van der Waals surface area contributed by atoms with Crippen LogP contribution in [0.2, 0.25) is 8.87 Å². The van der Waals surface area contributed by atoms with Crippen LogP contribution in [0.4, 0.5) is 0 Å². The van der Waals surface area contributed by atoms with Gasteiger partial charge in [0.05, 0.1) is 0 Å². The molecule has 0 aromatic heterocycles. The molecule has 2 radical (unpaired) electrons. The summed E-state index contributed by atoms with van der Waals surface area (Å²) in [6.45, 7) is 3.34. The number of carbonyl (C=O) groups is 2. The Balaban J connectivity index is 2.99. The quantitative estimate of drug-likeness (QED) is 0.458. The molecule has 0 atom stereocenters. The van der Waals surface area contributed by atoms with Crippen molar-refractivity contribution in [3.8, 4) is 0 Å². The molecule has 0 N–H and O–H groups in total. The van der Waals surface area contributed by atoms with Crippen molar-refractivity contribution in [2.75, 3.05) is 0 Å². The molecule has 0 amide bonds. The number of hydrogen-bond donors (Lipinski definition) is 0. The van der Waals surface area contributed by atoms with E-state index in [-0.39, 0.29) is 21.1 Å². The number of Topliss-reactive ketones (excluding diaryl/α,β-unsaturated/α-hetero) is 2. The van der Waals surface area contributed by atoms with Gasteiger partial charge in [-0.15, -0.1) is 0 Å². The van der Waals surface area contributed by atoms with Gasteiger partial charge >= 0.3 is 104 Å². The second kappa shape index (κ2) is 10.6. The number of carbonyl (C=O) groups excluding carboxylic acids is 2. The van der Waals surface area contributed by atoms with Crippen LogP contribution in [0.1, 0.15) is 52.4 Å². The predicted molar refractivity (Wildman–Crippen MR) is 64.4 cm³/mol. The van der Waals surface area contributed by atoms with Gasteiger partial charge in [0.1, 0.15) is 0 Å². The maximum absolute atomic E-state index is 10.7. The fourth-order valence-electron chi connectivity index (χ4n) is 1.37. The SMILES string of the molecule is CC(=O)CCC[CH2][Sn][CH2]CCCC(C)=O. The first kappa shape index (κ1) is 15.1. The van der Waals surface area contributed by atoms with Crippen molar-refractivity contribution in [2.24, 2.45) is 0 Å². The van der Waals surface area contributed by atoms with Crippen LogP contribution in [-0.2, 0) is 9.59 Å². The summed E-state index contributed by atoms with van der Waals surface area (Å²) in [7, 11) is 0. The van der Waals surface area contributed by atoms with Crippen molar-refractivity contribution in [1.82, 2.24) is 0 Å². The second-order valence-electron chi connectivity index (χ2n) is 4.07. The number of unbranched alkanes of at least 4 members (excludes halogenated alkanes) is 2. The summed E-state index contributed by atoms with van der Waals surface area (Å²) in [5.74, 6) is 0.642. The Morgan fingerprint density at radius 3 is 1.53 bits per heavy atom. The number of ketones is 2. The monoisotopic (exact) mass is 318 g/mol. The molecular formula is C12H22O2Sn. The van der Waals surface area contributed by atoms with Gasteiger partial charge in [0, 0.05) is 0 Å². The van der Waals surface area contributed by atoms with Gasteiger partial charge in [-0.3, -0.25) is 0 Å². The Morgan fingerprint density at radius 1 is 0.800 bits per heavy atom. The van der Waals surface area contributed by atoms with Gasteiger partial charge in [-0.25, -0.2) is 0 Å². The Labute approximate surface area is 103 Å². The summed E-state index contributed by atoms with van der Waals surface area (Å²) in [4.78, 5) is 21.3. The first-order valence-corrected chi connectivity index (χ1v) is 9.86. The van der Waals surface area contributed by atoms with E-state index in [4.69, 9.17) is 0 Å². The molecule has 0 saturated heterocycles. The molecule has 15 heavy (non-hydrogen) atoms. The number of hydrogen-bond acceptors (Lipinski definition) is 2. The van der Waals surface area contributed by atoms with Gasteiger partial charge < -0.3 is 0 Å². The summed E-state index contributed by atoms with van der Waals surface area (Å²) >= 11 is -0.158. The molecule has 0 heterocycles. The van der Waals surface area contributed by atoms with Crippen molar-refractivity contribution in [2.45, 2.75) is 61.2 Å². The molecule has 0 aliphatic carbocycles. The summed E-state index contributed by atoms with van der Waals surface area (Å²) in [6, 6.07) is 0. The zero-order valence-corrected chi connectivity index (χ0v) is 12.8. The van der Waals surface area contributed by atoms with E-state index < -0.39 is 0 Å². The Kier molecular flexibility index (Phi) is 10.7. The third kappa shape index (κ3) is 14.1. The maximum atomic E-state index is 10.7. The van der Waals surface area contributed by atoms with Gasteiger partial charge in [-0.05, 0) is 0 Å². The van der Waals surface area contributed by atoms with Crippen LogP contribution in [0.15, 0.2) is 0 Å². The summed E-state index contributed by atoms with van der Waals surface area (Å²) in [5, 5.41) is 0. The van der Waals surface area contributed by atoms with Crippen LogP contribution in [-0.4, -0.2) is 32.7 Å². The van der Waals surface area contributed by atoms with Crippen LogP contribution >= 0.6 is 0 Å². The molecule has 0 aliphatic rings. The molecule has 0 rings (SSSR count). The Bertz CT molecular complexity index is 170. The summed E-state index contributed by atoms with van der Waals surface area (Å²) in [5.41, 5.74) is 0. The molecule has 0 bridgehead atoms. The van der Waals surface area contributed by atoms with E-state index in [1.165, 1.54) is 21.7 Å². The topological polar surface area (TPSA) is 34.1 Å². The first-order valence-electron chi connectivity index (χ1n) is 5.82. The zero-order chi connectivity index (χ0) is 11.5. The van der Waals surface area contributed by atoms with Gasteiger partial charge in [0.2, 0.25) is 0 Å². The third-order valence-corrected chi connectivity index (χ3v) is 6.30. The van der Waals surface area contributed by atoms with Crippen LogP contribution in [0.5, 0.6) is 0 Å². The molecule has 0 aromatic carbocycles. The van der Waals surface area contributed by atoms with Crippen LogP contribution in [0, 0.1) is 0 Å². The fourth-order valence-corrected chi connectivity index (χ4v) is 4.94. The fraction of sp³-hybridized carbons (Fsp3) is 0.833. The van der Waals surface area contributed by atoms with Crippen molar-refractivity contribution >= 4 is 32.7 Å². The van der Waals surface area contributed by atoms with E-state index in [0.717, 1.165) is 25.7 Å². The van der Waals surface area contributed by atoms with E-state index in [2.05, 4.69) is 0 Å². The minimum atomic E-state index is -0.158. The Morgan fingerprint density at radius 2 is 1.20 bits per heavy atom. The molecule has 0 unspecified atom stereocenters. The van der Waals surface area contributed by atoms with E-state index in [9.17, 15) is 9.59 Å². The molecule has 0 spiro atoms. The zero-order valence-electron chi connectivity index (χ0n) is 9.97. The van der Waals surface area contributed by atoms with Gasteiger partial charge in [0.15, 0.2) is 0 Å². The van der Waals surface area contributed by atoms with E-state index >= 15 is 0 Å². The summed E-state index contributed by atoms with van der Waals surface area (Å²) < 4.78 is 2.80. The average Bonchev–Trinajstić information content (AvgIpc) is 2.14. The predicted octanol–water partition coefficient (Wildman–Crippen LogP) is 3.05. The van der Waals surface area contributed by atoms with E-state index in [1.807, 2.05) is 0 Å². The molecule has 86 valence electrons. The second-order valence-corrected chi connectivity index (χ2v) is 8.35. The molecule has 0 aliphatic heterocycles. The van der Waals surface area contributed by atoms with Gasteiger partial charge in [0.25, 0.3) is 0 Å². The minimum absolute atomic E-state index is 0.158. The van der Waals surface area contributed by atoms with E-state index in [1.54, 1.807) is 13.8 Å². The normalized spacial score (nSPS) is 10.3. The molecule has 0 saturated carbocycles. The van der Waals surface area contributed by atoms with Crippen LogP contribution in [0.3, 0.4) is 0 Å². The molecule has 3 heteroatoms. The molecule has 0 aromatic rings. The van der Waals surface area contributed by atoms with Gasteiger partial charge in [-0.2, -0.15) is 0 Å². The van der Waals surface area contributed by atoms with Crippen LogP contribution < -0.4 is 0 Å². The van der Waals surface area contributed by atoms with Crippen molar-refractivity contribution in [1.29, 1.82) is 0 Å². The standard InChI is InChI=1S/2C6H11O.Sn/c2*1-3-4-5-6(2)7;/h2*1,3-5H2,2H3;. The van der Waals surface area contributed by atoms with Crippen molar-refractivity contribution in [3.63, 3.8) is 0 Å². The Hall–Kier alpha value is 0.139. The van der Waals surface area contributed by atoms with Crippen LogP contribution in [0.25, 0.3) is 0 Å². The third-order valence-electron chi connectivity index (χ3n) is 2.26. The van der Waals surface area contributed by atoms with Crippen molar-refractivity contribution in [3.05, 3.63) is 0 Å². The van der Waals surface area contributed by atoms with E-state index in [0.29, 0.717) is 11.6 Å². The molecular weight excluding hydrogens is 295 g/mol. The number of rotatable bonds is 10. The molecule has 2 nitrogen and oxygen atoms in total.